The molecular formula is C20H28N4O4. The Kier molecular flexibility index (Phi) is 5.23. The highest BCUT2D eigenvalue weighted by molar-refractivity contribution is 6.05. The summed E-state index contributed by atoms with van der Waals surface area (Å²) < 4.78 is 5.32. The number of anilines is 2. The third kappa shape index (κ3) is 4.21. The molecule has 2 aliphatic rings. The number of alkyl carbamates (subject to hydrolysis) is 1. The van der Waals surface area contributed by atoms with E-state index in [1.165, 1.54) is 0 Å². The number of aryl methyl sites for hydroxylation is 1. The Balaban J connectivity index is 1.63. The minimum atomic E-state index is -0.519. The Morgan fingerprint density at radius 1 is 1.29 bits per heavy atom. The van der Waals surface area contributed by atoms with Crippen molar-refractivity contribution in [3.8, 4) is 0 Å². The zero-order valence-electron chi connectivity index (χ0n) is 17.0. The van der Waals surface area contributed by atoms with E-state index >= 15 is 0 Å². The van der Waals surface area contributed by atoms with E-state index in [0.29, 0.717) is 19.5 Å². The van der Waals surface area contributed by atoms with Crippen molar-refractivity contribution in [3.63, 3.8) is 0 Å². The van der Waals surface area contributed by atoms with Gasteiger partial charge in [0.1, 0.15) is 5.60 Å². The molecular weight excluding hydrogens is 360 g/mol. The van der Waals surface area contributed by atoms with Gasteiger partial charge in [0.2, 0.25) is 5.91 Å². The zero-order chi connectivity index (χ0) is 20.6. The van der Waals surface area contributed by atoms with Crippen molar-refractivity contribution in [2.24, 2.45) is 0 Å². The number of rotatable bonds is 3. The van der Waals surface area contributed by atoms with Gasteiger partial charge in [0.15, 0.2) is 0 Å². The maximum absolute atomic E-state index is 12.0. The molecule has 2 fully saturated rings. The first kappa shape index (κ1) is 20.0. The lowest BCUT2D eigenvalue weighted by Crippen LogP contribution is -2.66. The third-order valence-corrected chi connectivity index (χ3v) is 5.02. The largest absolute Gasteiger partial charge is 0.444 e. The molecule has 0 aromatic heterocycles. The predicted octanol–water partition coefficient (Wildman–Crippen LogP) is 2.54. The SMILES string of the molecule is Cc1cc(N2CCC(=O)NC2=O)ccc1N1C[C@H](NC(=O)OC(C)(C)C)[C@H]1C. The van der Waals surface area contributed by atoms with E-state index in [1.54, 1.807) is 4.90 Å². The van der Waals surface area contributed by atoms with Crippen LogP contribution in [0.3, 0.4) is 0 Å². The van der Waals surface area contributed by atoms with E-state index < -0.39 is 11.7 Å². The number of imide groups is 1. The molecule has 2 N–H and O–H groups in total. The van der Waals surface area contributed by atoms with Crippen molar-refractivity contribution in [1.29, 1.82) is 0 Å². The molecule has 28 heavy (non-hydrogen) atoms. The topological polar surface area (TPSA) is 91.0 Å². The third-order valence-electron chi connectivity index (χ3n) is 5.02. The second-order valence-corrected chi connectivity index (χ2v) is 8.37. The number of carbonyl (C=O) groups excluding carboxylic acids is 3. The number of nitrogens with zero attached hydrogens (tertiary/aromatic N) is 2. The molecule has 3 rings (SSSR count). The van der Waals surface area contributed by atoms with Crippen LogP contribution in [0.1, 0.15) is 39.7 Å². The van der Waals surface area contributed by atoms with Crippen LogP contribution in [0.25, 0.3) is 0 Å². The molecule has 2 aliphatic heterocycles. The Labute approximate surface area is 165 Å². The van der Waals surface area contributed by atoms with Crippen molar-refractivity contribution >= 4 is 29.4 Å². The maximum atomic E-state index is 12.0. The summed E-state index contributed by atoms with van der Waals surface area (Å²) in [7, 11) is 0. The second kappa shape index (κ2) is 7.33. The molecule has 4 amide bonds. The Morgan fingerprint density at radius 3 is 2.57 bits per heavy atom. The number of nitrogens with one attached hydrogen (secondary N) is 2. The summed E-state index contributed by atoms with van der Waals surface area (Å²) in [5.41, 5.74) is 2.34. The number of ether oxygens (including phenoxy) is 1. The van der Waals surface area contributed by atoms with Gasteiger partial charge in [-0.25, -0.2) is 9.59 Å². The Hall–Kier alpha value is -2.77. The van der Waals surface area contributed by atoms with E-state index in [-0.39, 0.29) is 24.0 Å². The van der Waals surface area contributed by atoms with Gasteiger partial charge >= 0.3 is 12.1 Å². The van der Waals surface area contributed by atoms with Crippen molar-refractivity contribution < 1.29 is 19.1 Å². The molecule has 0 bridgehead atoms. The van der Waals surface area contributed by atoms with Crippen molar-refractivity contribution in [2.75, 3.05) is 22.9 Å². The minimum Gasteiger partial charge on any atom is -0.444 e. The van der Waals surface area contributed by atoms with Crippen LogP contribution in [-0.2, 0) is 9.53 Å². The van der Waals surface area contributed by atoms with Gasteiger partial charge in [0.25, 0.3) is 0 Å². The summed E-state index contributed by atoms with van der Waals surface area (Å²) in [6.07, 6.45) is -0.102. The molecule has 1 aromatic rings. The molecule has 8 nitrogen and oxygen atoms in total. The van der Waals surface area contributed by atoms with Gasteiger partial charge in [-0.1, -0.05) is 0 Å². The molecule has 8 heteroatoms. The lowest BCUT2D eigenvalue weighted by Gasteiger charge is -2.48. The van der Waals surface area contributed by atoms with Gasteiger partial charge in [0.05, 0.1) is 6.04 Å². The maximum Gasteiger partial charge on any atom is 0.408 e. The average Bonchev–Trinajstić information content (AvgIpc) is 2.57. The van der Waals surface area contributed by atoms with Gasteiger partial charge in [-0.2, -0.15) is 0 Å². The minimum absolute atomic E-state index is 0.0211. The highest BCUT2D eigenvalue weighted by Crippen LogP contribution is 2.32. The van der Waals surface area contributed by atoms with Crippen LogP contribution >= 0.6 is 0 Å². The summed E-state index contributed by atoms with van der Waals surface area (Å²) in [6.45, 7) is 10.6. The lowest BCUT2D eigenvalue weighted by molar-refractivity contribution is -0.120. The standard InChI is InChI=1S/C20H28N4O4/c1-12-10-14(23-9-8-17(25)22-18(23)26)6-7-16(12)24-11-15(13(24)2)21-19(27)28-20(3,4)5/h6-7,10,13,15H,8-9,11H2,1-5H3,(H,21,27)(H,22,25,26)/t13-,15+/m1/s1. The fraction of sp³-hybridized carbons (Fsp3) is 0.550. The van der Waals surface area contributed by atoms with Gasteiger partial charge in [-0.3, -0.25) is 15.0 Å². The van der Waals surface area contributed by atoms with Crippen molar-refractivity contribution in [3.05, 3.63) is 23.8 Å². The number of urea groups is 1. The smallest absolute Gasteiger partial charge is 0.408 e. The fourth-order valence-corrected chi connectivity index (χ4v) is 3.49. The van der Waals surface area contributed by atoms with Crippen LogP contribution in [-0.4, -0.2) is 48.8 Å². The number of carbonyl (C=O) groups is 3. The van der Waals surface area contributed by atoms with E-state index in [4.69, 9.17) is 4.74 Å². The van der Waals surface area contributed by atoms with E-state index in [0.717, 1.165) is 16.9 Å². The second-order valence-electron chi connectivity index (χ2n) is 8.37. The number of hydrogen-bond donors (Lipinski definition) is 2. The molecule has 1 aromatic carbocycles. The van der Waals surface area contributed by atoms with Gasteiger partial charge in [0, 0.05) is 36.9 Å². The first-order valence-corrected chi connectivity index (χ1v) is 9.53. The predicted molar refractivity (Wildman–Crippen MR) is 107 cm³/mol. The molecule has 2 atom stereocenters. The number of benzene rings is 1. The van der Waals surface area contributed by atoms with Gasteiger partial charge in [-0.05, 0) is 58.4 Å². The van der Waals surface area contributed by atoms with E-state index in [9.17, 15) is 14.4 Å². The number of hydrogen-bond acceptors (Lipinski definition) is 5. The molecule has 2 saturated heterocycles. The lowest BCUT2D eigenvalue weighted by atomic mass is 9.95. The highest BCUT2D eigenvalue weighted by Gasteiger charge is 2.38. The molecule has 152 valence electrons. The van der Waals surface area contributed by atoms with Crippen LogP contribution in [0.15, 0.2) is 18.2 Å². The summed E-state index contributed by atoms with van der Waals surface area (Å²) in [4.78, 5) is 39.1. The average molecular weight is 388 g/mol. The zero-order valence-corrected chi connectivity index (χ0v) is 17.0. The Morgan fingerprint density at radius 2 is 2.00 bits per heavy atom. The van der Waals surface area contributed by atoms with Crippen LogP contribution in [0.5, 0.6) is 0 Å². The molecule has 0 radical (unpaired) electrons. The summed E-state index contributed by atoms with van der Waals surface area (Å²) in [6, 6.07) is 5.59. The molecule has 0 saturated carbocycles. The van der Waals surface area contributed by atoms with Gasteiger partial charge < -0.3 is 15.0 Å². The summed E-state index contributed by atoms with van der Waals surface area (Å²) >= 11 is 0. The van der Waals surface area contributed by atoms with Crippen molar-refractivity contribution in [1.82, 2.24) is 10.6 Å². The van der Waals surface area contributed by atoms with Crippen LogP contribution in [0.4, 0.5) is 21.0 Å². The van der Waals surface area contributed by atoms with Crippen LogP contribution < -0.4 is 20.4 Å². The fourth-order valence-electron chi connectivity index (χ4n) is 3.49. The van der Waals surface area contributed by atoms with E-state index in [2.05, 4.69) is 22.5 Å². The Bertz CT molecular complexity index is 802. The quantitative estimate of drug-likeness (QED) is 0.830. The van der Waals surface area contributed by atoms with Crippen LogP contribution in [0, 0.1) is 6.92 Å². The number of amides is 4. The molecule has 0 unspecified atom stereocenters. The van der Waals surface area contributed by atoms with Crippen molar-refractivity contribution in [2.45, 2.75) is 58.7 Å². The molecule has 2 heterocycles. The summed E-state index contributed by atoms with van der Waals surface area (Å²) in [5.74, 6) is -0.243. The summed E-state index contributed by atoms with van der Waals surface area (Å²) in [5, 5.41) is 5.26. The first-order valence-electron chi connectivity index (χ1n) is 9.53. The van der Waals surface area contributed by atoms with Crippen LogP contribution in [0.2, 0.25) is 0 Å². The highest BCUT2D eigenvalue weighted by atomic mass is 16.6. The monoisotopic (exact) mass is 388 g/mol. The molecule has 0 spiro atoms. The normalized spacial score (nSPS) is 22.5. The van der Waals surface area contributed by atoms with Gasteiger partial charge in [-0.15, -0.1) is 0 Å². The molecule has 0 aliphatic carbocycles. The first-order chi connectivity index (χ1) is 13.0. The van der Waals surface area contributed by atoms with E-state index in [1.807, 2.05) is 45.9 Å².